The fourth-order valence-electron chi connectivity index (χ4n) is 4.59. The topological polar surface area (TPSA) is 92.8 Å². The van der Waals surface area contributed by atoms with Crippen LogP contribution in [-0.2, 0) is 9.53 Å². The molecule has 0 aliphatic rings. The average Bonchev–Trinajstić information content (AvgIpc) is 2.93. The highest BCUT2D eigenvalue weighted by Crippen LogP contribution is 2.14. The van der Waals surface area contributed by atoms with Crippen molar-refractivity contribution in [3.05, 3.63) is 0 Å². The Bertz CT molecular complexity index is 417. The number of rotatable bonds is 29. The van der Waals surface area contributed by atoms with E-state index in [0.717, 1.165) is 19.4 Å². The third-order valence-electron chi connectivity index (χ3n) is 7.19. The fraction of sp³-hybridized carbons (Fsp3) is 0.970. The number of aliphatic hydroxyl groups is 2. The van der Waals surface area contributed by atoms with E-state index in [4.69, 9.17) is 20.7 Å². The molecule has 0 aromatic carbocycles. The van der Waals surface area contributed by atoms with E-state index in [2.05, 4.69) is 13.8 Å². The van der Waals surface area contributed by atoms with Crippen molar-refractivity contribution in [3.63, 3.8) is 0 Å². The number of esters is 1. The molecule has 4 N–H and O–H groups in total. The van der Waals surface area contributed by atoms with Crippen molar-refractivity contribution in [2.45, 2.75) is 187 Å². The predicted molar refractivity (Wildman–Crippen MR) is 164 cm³/mol. The highest BCUT2D eigenvalue weighted by molar-refractivity contribution is 5.69. The van der Waals surface area contributed by atoms with E-state index in [-0.39, 0.29) is 19.2 Å². The molecule has 5 heteroatoms. The van der Waals surface area contributed by atoms with Crippen LogP contribution in [0.1, 0.15) is 181 Å². The number of nitrogens with two attached hydrogens (primary N) is 1. The summed E-state index contributed by atoms with van der Waals surface area (Å²) in [6, 6.07) is 0. The molecule has 0 spiro atoms. The van der Waals surface area contributed by atoms with Gasteiger partial charge in [-0.05, 0) is 19.4 Å². The minimum Gasteiger partial charge on any atom is -0.463 e. The Balaban J connectivity index is 0. The molecule has 230 valence electrons. The van der Waals surface area contributed by atoms with Gasteiger partial charge in [0, 0.05) is 6.42 Å². The van der Waals surface area contributed by atoms with Crippen LogP contribution in [0, 0.1) is 0 Å². The average molecular weight is 544 g/mol. The summed E-state index contributed by atoms with van der Waals surface area (Å²) >= 11 is 0. The summed E-state index contributed by atoms with van der Waals surface area (Å²) in [5.41, 5.74) is 5.48. The first-order chi connectivity index (χ1) is 18.6. The van der Waals surface area contributed by atoms with Crippen LogP contribution in [0.15, 0.2) is 0 Å². The number of hydrogen-bond acceptors (Lipinski definition) is 5. The molecule has 0 saturated heterocycles. The zero-order chi connectivity index (χ0) is 28.4. The van der Waals surface area contributed by atoms with Gasteiger partial charge in [0.05, 0.1) is 6.61 Å². The molecule has 0 aromatic rings. The van der Waals surface area contributed by atoms with Crippen LogP contribution in [0.5, 0.6) is 0 Å². The smallest absolute Gasteiger partial charge is 0.305 e. The molecule has 1 atom stereocenters. The monoisotopic (exact) mass is 544 g/mol. The van der Waals surface area contributed by atoms with E-state index < -0.39 is 6.10 Å². The lowest BCUT2D eigenvalue weighted by molar-refractivity contribution is -0.147. The van der Waals surface area contributed by atoms with Crippen LogP contribution < -0.4 is 5.73 Å². The second-order valence-electron chi connectivity index (χ2n) is 11.2. The van der Waals surface area contributed by atoms with Crippen molar-refractivity contribution in [2.75, 3.05) is 19.8 Å². The molecule has 0 fully saturated rings. The lowest BCUT2D eigenvalue weighted by atomic mass is 10.0. The summed E-state index contributed by atoms with van der Waals surface area (Å²) in [6.45, 7) is 4.91. The van der Waals surface area contributed by atoms with Gasteiger partial charge in [-0.3, -0.25) is 4.79 Å². The normalized spacial score (nSPS) is 11.7. The molecule has 0 bridgehead atoms. The van der Waals surface area contributed by atoms with E-state index in [9.17, 15) is 4.79 Å². The van der Waals surface area contributed by atoms with Crippen molar-refractivity contribution >= 4 is 5.97 Å². The SMILES string of the molecule is CCCCCCCCCCCC(=O)OCC(O)CO.CCCCCCCCCCCCCCCCCCN. The zero-order valence-electron chi connectivity index (χ0n) is 25.9. The number of hydrogen-bond donors (Lipinski definition) is 3. The molecule has 5 nitrogen and oxygen atoms in total. The van der Waals surface area contributed by atoms with Gasteiger partial charge in [0.25, 0.3) is 0 Å². The number of ether oxygens (including phenoxy) is 1. The Morgan fingerprint density at radius 2 is 0.895 bits per heavy atom. The molecule has 0 radical (unpaired) electrons. The molecule has 0 aliphatic heterocycles. The number of aliphatic hydroxyl groups excluding tert-OH is 2. The number of carbonyl (C=O) groups excluding carboxylic acids is 1. The van der Waals surface area contributed by atoms with Gasteiger partial charge in [0.15, 0.2) is 0 Å². The summed E-state index contributed by atoms with van der Waals surface area (Å²) in [7, 11) is 0. The van der Waals surface area contributed by atoms with Crippen molar-refractivity contribution < 1.29 is 19.7 Å². The molecular weight excluding hydrogens is 474 g/mol. The Labute approximate surface area is 238 Å². The van der Waals surface area contributed by atoms with Crippen molar-refractivity contribution in [1.82, 2.24) is 0 Å². The lowest BCUT2D eigenvalue weighted by Crippen LogP contribution is -2.21. The Morgan fingerprint density at radius 3 is 1.21 bits per heavy atom. The molecule has 0 aromatic heterocycles. The summed E-state index contributed by atoms with van der Waals surface area (Å²) in [4.78, 5) is 11.3. The minimum absolute atomic E-state index is 0.104. The molecule has 1 unspecified atom stereocenters. The van der Waals surface area contributed by atoms with Gasteiger partial charge < -0.3 is 20.7 Å². The second-order valence-corrected chi connectivity index (χ2v) is 11.2. The molecule has 0 saturated carbocycles. The highest BCUT2D eigenvalue weighted by atomic mass is 16.5. The third kappa shape index (κ3) is 37.5. The van der Waals surface area contributed by atoms with Gasteiger partial charge in [-0.25, -0.2) is 0 Å². The largest absolute Gasteiger partial charge is 0.463 e. The summed E-state index contributed by atoms with van der Waals surface area (Å²) < 4.78 is 4.82. The van der Waals surface area contributed by atoms with Crippen molar-refractivity contribution in [1.29, 1.82) is 0 Å². The van der Waals surface area contributed by atoms with Crippen LogP contribution in [0.4, 0.5) is 0 Å². The standard InChI is InChI=1S/C18H39N.C15H30O4/c1-2-3-4-5-6-7-8-9-10-11-12-13-14-15-16-17-18-19;1-2-3-4-5-6-7-8-9-10-11-15(18)19-13-14(17)12-16/h2-19H2,1H3;14,16-17H,2-13H2,1H3. The zero-order valence-corrected chi connectivity index (χ0v) is 25.9. The molecule has 0 rings (SSSR count). The summed E-state index contributed by atoms with van der Waals surface area (Å²) in [5, 5.41) is 17.6. The van der Waals surface area contributed by atoms with Crippen LogP contribution in [0.2, 0.25) is 0 Å². The predicted octanol–water partition coefficient (Wildman–Crippen LogP) is 9.01. The molecular formula is C33H69NO4. The van der Waals surface area contributed by atoms with Gasteiger partial charge in [-0.15, -0.1) is 0 Å². The maximum atomic E-state index is 11.3. The molecule has 0 aliphatic carbocycles. The summed E-state index contributed by atoms with van der Waals surface area (Å²) in [5.74, 6) is -0.282. The van der Waals surface area contributed by atoms with E-state index in [1.807, 2.05) is 0 Å². The van der Waals surface area contributed by atoms with Gasteiger partial charge in [0.1, 0.15) is 12.7 Å². The van der Waals surface area contributed by atoms with Gasteiger partial charge in [-0.2, -0.15) is 0 Å². The van der Waals surface area contributed by atoms with Crippen molar-refractivity contribution in [3.8, 4) is 0 Å². The van der Waals surface area contributed by atoms with Crippen LogP contribution in [0.25, 0.3) is 0 Å². The lowest BCUT2D eigenvalue weighted by Gasteiger charge is -2.08. The fourth-order valence-corrected chi connectivity index (χ4v) is 4.59. The van der Waals surface area contributed by atoms with E-state index >= 15 is 0 Å². The molecule has 0 amide bonds. The first-order valence-electron chi connectivity index (χ1n) is 16.8. The van der Waals surface area contributed by atoms with Crippen LogP contribution in [-0.4, -0.2) is 42.0 Å². The maximum Gasteiger partial charge on any atom is 0.305 e. The Kier molecular flexibility index (Phi) is 37.8. The van der Waals surface area contributed by atoms with E-state index in [0.29, 0.717) is 6.42 Å². The van der Waals surface area contributed by atoms with E-state index in [1.165, 1.54) is 148 Å². The Morgan fingerprint density at radius 1 is 0.579 bits per heavy atom. The molecule has 0 heterocycles. The maximum absolute atomic E-state index is 11.3. The molecule has 38 heavy (non-hydrogen) atoms. The van der Waals surface area contributed by atoms with Crippen LogP contribution in [0.3, 0.4) is 0 Å². The first-order valence-corrected chi connectivity index (χ1v) is 16.8. The Hall–Kier alpha value is -0.650. The third-order valence-corrected chi connectivity index (χ3v) is 7.19. The van der Waals surface area contributed by atoms with Crippen LogP contribution >= 0.6 is 0 Å². The van der Waals surface area contributed by atoms with Crippen molar-refractivity contribution in [2.24, 2.45) is 5.73 Å². The number of carbonyl (C=O) groups is 1. The highest BCUT2D eigenvalue weighted by Gasteiger charge is 2.07. The second kappa shape index (κ2) is 36.4. The summed E-state index contributed by atoms with van der Waals surface area (Å²) in [6.07, 6.45) is 33.2. The quantitative estimate of drug-likeness (QED) is 0.0646. The van der Waals surface area contributed by atoms with Gasteiger partial charge in [-0.1, -0.05) is 162 Å². The van der Waals surface area contributed by atoms with Gasteiger partial charge >= 0.3 is 5.97 Å². The minimum atomic E-state index is -0.952. The first kappa shape index (κ1) is 39.5. The van der Waals surface area contributed by atoms with E-state index in [1.54, 1.807) is 0 Å². The number of unbranched alkanes of at least 4 members (excludes halogenated alkanes) is 23. The van der Waals surface area contributed by atoms with Gasteiger partial charge in [0.2, 0.25) is 0 Å².